The Balaban J connectivity index is 1.37. The molecular formula is C29H34N8O4. The lowest BCUT2D eigenvalue weighted by atomic mass is 9.82. The molecular weight excluding hydrogens is 524 g/mol. The van der Waals surface area contributed by atoms with E-state index in [1.807, 2.05) is 36.3 Å². The molecule has 4 N–H and O–H groups in total. The summed E-state index contributed by atoms with van der Waals surface area (Å²) in [7, 11) is 1.86. The highest BCUT2D eigenvalue weighted by Gasteiger charge is 2.49. The summed E-state index contributed by atoms with van der Waals surface area (Å²) in [6.45, 7) is 2.22. The van der Waals surface area contributed by atoms with Gasteiger partial charge in [0.15, 0.2) is 11.4 Å². The number of carbonyl (C=O) groups is 2. The Morgan fingerprint density at radius 1 is 1.07 bits per heavy atom. The van der Waals surface area contributed by atoms with Crippen molar-refractivity contribution < 1.29 is 19.8 Å². The van der Waals surface area contributed by atoms with Crippen molar-refractivity contribution in [2.24, 2.45) is 12.5 Å². The van der Waals surface area contributed by atoms with Crippen molar-refractivity contribution in [3.8, 4) is 22.5 Å². The fraction of sp³-hybridized carbons (Fsp3) is 0.448. The first-order chi connectivity index (χ1) is 19.6. The average molecular weight is 559 g/mol. The van der Waals surface area contributed by atoms with E-state index in [-0.39, 0.29) is 35.5 Å². The molecule has 2 aliphatic rings. The fourth-order valence-corrected chi connectivity index (χ4v) is 6.38. The number of fused-ring (bicyclic) bond motifs is 3. The van der Waals surface area contributed by atoms with Crippen molar-refractivity contribution in [1.29, 1.82) is 0 Å². The minimum atomic E-state index is -1.23. The van der Waals surface area contributed by atoms with Gasteiger partial charge in [0.1, 0.15) is 11.5 Å². The summed E-state index contributed by atoms with van der Waals surface area (Å²) < 4.78 is 3.23. The van der Waals surface area contributed by atoms with Gasteiger partial charge in [-0.3, -0.25) is 19.3 Å². The van der Waals surface area contributed by atoms with Crippen LogP contribution in [0.15, 0.2) is 36.8 Å². The summed E-state index contributed by atoms with van der Waals surface area (Å²) in [6, 6.07) is 5.58. The Kier molecular flexibility index (Phi) is 6.62. The quantitative estimate of drug-likeness (QED) is 0.288. The third-order valence-corrected chi connectivity index (χ3v) is 8.68. The predicted molar refractivity (Wildman–Crippen MR) is 151 cm³/mol. The number of amides is 1. The molecule has 6 heterocycles. The number of nitrogen functional groups attached to an aromatic ring is 1. The topological polar surface area (TPSA) is 165 Å². The zero-order chi connectivity index (χ0) is 29.1. The van der Waals surface area contributed by atoms with E-state index in [1.54, 1.807) is 24.0 Å². The number of aryl methyl sites for hydroxylation is 1. The van der Waals surface area contributed by atoms with Crippen molar-refractivity contribution in [3.63, 3.8) is 0 Å². The molecule has 214 valence electrons. The van der Waals surface area contributed by atoms with Gasteiger partial charge in [-0.05, 0) is 51.7 Å². The molecule has 1 unspecified atom stereocenters. The van der Waals surface area contributed by atoms with Gasteiger partial charge in [0, 0.05) is 48.6 Å². The summed E-state index contributed by atoms with van der Waals surface area (Å²) in [5.74, 6) is -0.280. The van der Waals surface area contributed by atoms with Crippen LogP contribution in [0.2, 0.25) is 0 Å². The summed E-state index contributed by atoms with van der Waals surface area (Å²) >= 11 is 0. The van der Waals surface area contributed by atoms with Gasteiger partial charge in [-0.25, -0.2) is 4.98 Å². The van der Waals surface area contributed by atoms with Crippen LogP contribution in [0.25, 0.3) is 28.2 Å². The van der Waals surface area contributed by atoms with Crippen LogP contribution in [0.5, 0.6) is 0 Å². The van der Waals surface area contributed by atoms with Gasteiger partial charge in [0.25, 0.3) is 0 Å². The van der Waals surface area contributed by atoms with E-state index >= 15 is 0 Å². The minimum absolute atomic E-state index is 0.0737. The largest absolute Gasteiger partial charge is 0.395 e. The second-order valence-electron chi connectivity index (χ2n) is 11.6. The molecule has 4 aromatic rings. The lowest BCUT2D eigenvalue weighted by molar-refractivity contribution is -0.151. The van der Waals surface area contributed by atoms with E-state index < -0.39 is 18.6 Å². The molecule has 0 aliphatic carbocycles. The number of Topliss-reactive ketones (excluding diaryl/α,β-unsaturated/α-hetero) is 1. The Morgan fingerprint density at radius 3 is 2.34 bits per heavy atom. The second-order valence-corrected chi connectivity index (χ2v) is 11.6. The number of hydrogen-bond donors (Lipinski definition) is 3. The monoisotopic (exact) mass is 558 g/mol. The van der Waals surface area contributed by atoms with Crippen LogP contribution in [0.3, 0.4) is 0 Å². The maximum atomic E-state index is 13.4. The third kappa shape index (κ3) is 4.38. The number of pyridine rings is 1. The van der Waals surface area contributed by atoms with Crippen LogP contribution in [0.4, 0.5) is 5.82 Å². The molecule has 2 aliphatic heterocycles. The first-order valence-corrected chi connectivity index (χ1v) is 13.8. The van der Waals surface area contributed by atoms with Gasteiger partial charge in [-0.15, -0.1) is 0 Å². The van der Waals surface area contributed by atoms with Crippen molar-refractivity contribution in [2.45, 2.75) is 57.5 Å². The molecule has 12 heteroatoms. The molecule has 0 radical (unpaired) electrons. The molecule has 12 nitrogen and oxygen atoms in total. The Labute approximate surface area is 236 Å². The Hall–Kier alpha value is -4.16. The Bertz CT molecular complexity index is 1620. The van der Waals surface area contributed by atoms with Crippen LogP contribution >= 0.6 is 0 Å². The highest BCUT2D eigenvalue weighted by atomic mass is 16.3. The molecule has 6 rings (SSSR count). The number of piperidine rings is 1. The van der Waals surface area contributed by atoms with E-state index in [4.69, 9.17) is 10.7 Å². The number of aliphatic hydroxyl groups excluding tert-OH is 2. The van der Waals surface area contributed by atoms with E-state index in [0.29, 0.717) is 29.7 Å². The first-order valence-electron chi connectivity index (χ1n) is 13.8. The summed E-state index contributed by atoms with van der Waals surface area (Å²) in [4.78, 5) is 37.7. The van der Waals surface area contributed by atoms with Gasteiger partial charge in [-0.2, -0.15) is 14.7 Å². The average Bonchev–Trinajstić information content (AvgIpc) is 3.67. The van der Waals surface area contributed by atoms with E-state index in [9.17, 15) is 19.8 Å². The number of nitrogens with zero attached hydrogens (tertiary/aromatic N) is 7. The lowest BCUT2D eigenvalue weighted by Gasteiger charge is -2.42. The van der Waals surface area contributed by atoms with Gasteiger partial charge >= 0.3 is 0 Å². The van der Waals surface area contributed by atoms with Gasteiger partial charge in [0.2, 0.25) is 5.91 Å². The number of carbonyl (C=O) groups excluding carboxylic acids is 2. The molecule has 4 aromatic heterocycles. The molecule has 2 bridgehead atoms. The number of aromatic nitrogens is 6. The molecule has 3 atom stereocenters. The molecule has 0 spiro atoms. The highest BCUT2D eigenvalue weighted by Crippen LogP contribution is 2.46. The molecule has 0 saturated carbocycles. The SMILES string of the molecule is CC(=O)c1c(C2C[C@H]3CC[C@@H](C2)N3C(=O)C(C)(CO)CO)nc2c(-c3ccc(-c4ccn(C)n4)nc3)cnn2c1N. The normalized spacial score (nSPS) is 20.6. The number of aliphatic hydroxyl groups is 2. The highest BCUT2D eigenvalue weighted by molar-refractivity contribution is 6.00. The van der Waals surface area contributed by atoms with Crippen LogP contribution in [-0.4, -0.2) is 81.5 Å². The fourth-order valence-electron chi connectivity index (χ4n) is 6.38. The zero-order valence-electron chi connectivity index (χ0n) is 23.4. The number of hydrogen-bond acceptors (Lipinski definition) is 9. The second kappa shape index (κ2) is 10.0. The first kappa shape index (κ1) is 27.0. The molecule has 41 heavy (non-hydrogen) atoms. The van der Waals surface area contributed by atoms with Crippen molar-refractivity contribution >= 4 is 23.2 Å². The number of ketones is 1. The summed E-state index contributed by atoms with van der Waals surface area (Å²) in [5.41, 5.74) is 9.92. The van der Waals surface area contributed by atoms with Crippen molar-refractivity contribution in [2.75, 3.05) is 18.9 Å². The maximum Gasteiger partial charge on any atom is 0.233 e. The van der Waals surface area contributed by atoms with Gasteiger partial charge < -0.3 is 20.8 Å². The molecule has 2 fully saturated rings. The maximum absolute atomic E-state index is 13.4. The van der Waals surface area contributed by atoms with Crippen molar-refractivity contribution in [3.05, 3.63) is 48.0 Å². The molecule has 1 amide bonds. The zero-order valence-corrected chi connectivity index (χ0v) is 23.4. The van der Waals surface area contributed by atoms with Gasteiger partial charge in [0.05, 0.1) is 41.8 Å². The number of rotatable bonds is 7. The Morgan fingerprint density at radius 2 is 1.78 bits per heavy atom. The van der Waals surface area contributed by atoms with Crippen LogP contribution in [0.1, 0.15) is 61.5 Å². The van der Waals surface area contributed by atoms with Crippen LogP contribution in [-0.2, 0) is 11.8 Å². The smallest absolute Gasteiger partial charge is 0.233 e. The number of anilines is 1. The predicted octanol–water partition coefficient (Wildman–Crippen LogP) is 2.20. The molecule has 2 saturated heterocycles. The van der Waals surface area contributed by atoms with Crippen molar-refractivity contribution in [1.82, 2.24) is 34.3 Å². The lowest BCUT2D eigenvalue weighted by Crippen LogP contribution is -2.54. The summed E-state index contributed by atoms with van der Waals surface area (Å²) in [5, 5.41) is 28.5. The summed E-state index contributed by atoms with van der Waals surface area (Å²) in [6.07, 6.45) is 8.16. The third-order valence-electron chi connectivity index (χ3n) is 8.68. The standard InChI is InChI=1S/C29H34N8O4/c1-16(40)24-25(18-10-19-5-6-20(11-18)36(19)28(41)29(2,14-38)15-39)33-27-21(13-32-37(27)26(24)30)17-4-7-22(31-12-17)23-8-9-35(3)34-23/h4,7-9,12-13,18-20,38-39H,5-6,10-11,14-15,30H2,1-3H3/t18?,19-,20+. The minimum Gasteiger partial charge on any atom is -0.395 e. The van der Waals surface area contributed by atoms with E-state index in [0.717, 1.165) is 35.4 Å². The molecule has 0 aromatic carbocycles. The van der Waals surface area contributed by atoms with Crippen LogP contribution < -0.4 is 5.73 Å². The van der Waals surface area contributed by atoms with Gasteiger partial charge in [-0.1, -0.05) is 6.07 Å². The van der Waals surface area contributed by atoms with E-state index in [1.165, 1.54) is 11.4 Å². The number of nitrogens with two attached hydrogens (primary N) is 1. The van der Waals surface area contributed by atoms with E-state index in [2.05, 4.69) is 15.2 Å². The van der Waals surface area contributed by atoms with Crippen LogP contribution in [0, 0.1) is 5.41 Å².